The molecule has 1 aliphatic heterocycles. The highest BCUT2D eigenvalue weighted by Crippen LogP contribution is 2.41. The number of carboxylic acid groups (broad SMARTS) is 1. The van der Waals surface area contributed by atoms with E-state index >= 15 is 0 Å². The van der Waals surface area contributed by atoms with E-state index in [1.54, 1.807) is 43.3 Å². The number of hydrogen-bond donors (Lipinski definition) is 2. The van der Waals surface area contributed by atoms with Crippen LogP contribution in [0.15, 0.2) is 98.5 Å². The van der Waals surface area contributed by atoms with Gasteiger partial charge in [-0.3, -0.25) is 0 Å². The van der Waals surface area contributed by atoms with Gasteiger partial charge in [-0.25, -0.2) is 14.6 Å². The van der Waals surface area contributed by atoms with Gasteiger partial charge in [-0.2, -0.15) is 0 Å². The van der Waals surface area contributed by atoms with E-state index in [2.05, 4.69) is 20.9 Å². The molecule has 1 heterocycles. The summed E-state index contributed by atoms with van der Waals surface area (Å²) in [4.78, 5) is 28.7. The van der Waals surface area contributed by atoms with Crippen molar-refractivity contribution in [3.63, 3.8) is 0 Å². The Morgan fingerprint density at radius 2 is 1.78 bits per heavy atom. The van der Waals surface area contributed by atoms with Crippen LogP contribution in [0.25, 0.3) is 6.08 Å². The molecule has 0 bridgehead atoms. The molecule has 37 heavy (non-hydrogen) atoms. The lowest BCUT2D eigenvalue weighted by molar-refractivity contribution is -0.138. The van der Waals surface area contributed by atoms with E-state index in [1.807, 2.05) is 30.3 Å². The van der Waals surface area contributed by atoms with Crippen molar-refractivity contribution in [3.8, 4) is 5.75 Å². The lowest BCUT2D eigenvalue weighted by Crippen LogP contribution is -2.12. The van der Waals surface area contributed by atoms with Crippen molar-refractivity contribution in [2.45, 2.75) is 13.5 Å². The van der Waals surface area contributed by atoms with Gasteiger partial charge in [-0.1, -0.05) is 58.0 Å². The third kappa shape index (κ3) is 6.49. The molecular formula is C28H22BrNO6S. The standard InChI is InChI=1S/C28H22BrNO6S/c1-2-35-28(34)24-25(31)23(37-26(24)30-21-6-4-3-5-7-21)15-19-14-20(29)12-13-22(19)36-16-17-8-10-18(11-9-17)27(32)33/h3-15,31H,2,16H2,1H3,(H,32,33)/b23-15-,30-26?. The number of carboxylic acids is 1. The summed E-state index contributed by atoms with van der Waals surface area (Å²) >= 11 is 4.63. The van der Waals surface area contributed by atoms with Crippen molar-refractivity contribution in [1.82, 2.24) is 0 Å². The van der Waals surface area contributed by atoms with Gasteiger partial charge < -0.3 is 19.7 Å². The van der Waals surface area contributed by atoms with Gasteiger partial charge in [0.1, 0.15) is 28.7 Å². The first kappa shape index (κ1) is 26.2. The molecule has 3 aromatic rings. The van der Waals surface area contributed by atoms with Crippen LogP contribution >= 0.6 is 27.7 Å². The Morgan fingerprint density at radius 3 is 2.46 bits per heavy atom. The monoisotopic (exact) mass is 579 g/mol. The highest BCUT2D eigenvalue weighted by atomic mass is 79.9. The number of aliphatic imine (C=N–C) groups is 1. The van der Waals surface area contributed by atoms with Gasteiger partial charge in [-0.15, -0.1) is 0 Å². The van der Waals surface area contributed by atoms with Crippen LogP contribution in [0.2, 0.25) is 0 Å². The molecule has 0 radical (unpaired) electrons. The number of aliphatic hydroxyl groups excluding tert-OH is 1. The Labute approximate surface area is 226 Å². The summed E-state index contributed by atoms with van der Waals surface area (Å²) in [6.07, 6.45) is 1.72. The second kappa shape index (κ2) is 11.9. The average Bonchev–Trinajstić information content (AvgIpc) is 3.18. The van der Waals surface area contributed by atoms with Crippen LogP contribution in [0.4, 0.5) is 5.69 Å². The molecule has 0 amide bonds. The van der Waals surface area contributed by atoms with Crippen molar-refractivity contribution in [1.29, 1.82) is 0 Å². The molecule has 0 unspecified atom stereocenters. The fraction of sp³-hybridized carbons (Fsp3) is 0.107. The van der Waals surface area contributed by atoms with E-state index < -0.39 is 11.9 Å². The minimum atomic E-state index is -0.992. The third-order valence-electron chi connectivity index (χ3n) is 5.21. The number of rotatable bonds is 8. The molecule has 0 aromatic heterocycles. The highest BCUT2D eigenvalue weighted by Gasteiger charge is 2.33. The maximum Gasteiger partial charge on any atom is 0.344 e. The first-order valence-electron chi connectivity index (χ1n) is 11.2. The van der Waals surface area contributed by atoms with Crippen LogP contribution in [0.5, 0.6) is 5.75 Å². The molecule has 4 rings (SSSR count). The summed E-state index contributed by atoms with van der Waals surface area (Å²) in [7, 11) is 0. The van der Waals surface area contributed by atoms with Crippen molar-refractivity contribution in [3.05, 3.63) is 110 Å². The summed E-state index contributed by atoms with van der Waals surface area (Å²) in [5.41, 5.74) is 2.31. The molecule has 1 aliphatic rings. The number of thioether (sulfide) groups is 1. The topological polar surface area (TPSA) is 105 Å². The van der Waals surface area contributed by atoms with Crippen LogP contribution in [-0.4, -0.2) is 33.8 Å². The van der Waals surface area contributed by atoms with Crippen LogP contribution in [0, 0.1) is 0 Å². The highest BCUT2D eigenvalue weighted by molar-refractivity contribution is 9.10. The number of nitrogens with zero attached hydrogens (tertiary/aromatic N) is 1. The molecule has 2 N–H and O–H groups in total. The Morgan fingerprint density at radius 1 is 1.05 bits per heavy atom. The molecule has 0 saturated carbocycles. The minimum absolute atomic E-state index is 0.0120. The van der Waals surface area contributed by atoms with Crippen LogP contribution < -0.4 is 4.74 Å². The number of esters is 1. The Kier molecular flexibility index (Phi) is 8.47. The van der Waals surface area contributed by atoms with Gasteiger partial charge in [-0.05, 0) is 61.0 Å². The van der Waals surface area contributed by atoms with Gasteiger partial charge in [0.25, 0.3) is 0 Å². The largest absolute Gasteiger partial charge is 0.506 e. The van der Waals surface area contributed by atoms with Crippen LogP contribution in [0.1, 0.15) is 28.4 Å². The first-order valence-corrected chi connectivity index (χ1v) is 12.9. The predicted molar refractivity (Wildman–Crippen MR) is 147 cm³/mol. The van der Waals surface area contributed by atoms with Crippen molar-refractivity contribution in [2.24, 2.45) is 4.99 Å². The molecule has 0 aliphatic carbocycles. The number of carbonyl (C=O) groups excluding carboxylic acids is 1. The van der Waals surface area contributed by atoms with Gasteiger partial charge in [0.15, 0.2) is 0 Å². The molecule has 0 saturated heterocycles. The predicted octanol–water partition coefficient (Wildman–Crippen LogP) is 6.92. The molecule has 3 aromatic carbocycles. The number of aliphatic hydroxyl groups is 1. The zero-order valence-electron chi connectivity index (χ0n) is 19.7. The summed E-state index contributed by atoms with van der Waals surface area (Å²) in [5.74, 6) is -1.32. The van der Waals surface area contributed by atoms with E-state index in [0.29, 0.717) is 26.9 Å². The SMILES string of the molecule is CCOC(=O)C1=C(O)/C(=C/c2cc(Br)ccc2OCc2ccc(C(=O)O)cc2)SC1=Nc1ccccc1. The van der Waals surface area contributed by atoms with E-state index in [9.17, 15) is 14.7 Å². The van der Waals surface area contributed by atoms with Crippen LogP contribution in [-0.2, 0) is 16.1 Å². The minimum Gasteiger partial charge on any atom is -0.506 e. The van der Waals surface area contributed by atoms with Crippen molar-refractivity contribution in [2.75, 3.05) is 6.61 Å². The number of hydrogen-bond acceptors (Lipinski definition) is 7. The molecule has 7 nitrogen and oxygen atoms in total. The normalized spacial score (nSPS) is 15.3. The summed E-state index contributed by atoms with van der Waals surface area (Å²) in [6.45, 7) is 2.07. The molecule has 9 heteroatoms. The fourth-order valence-electron chi connectivity index (χ4n) is 3.42. The maximum absolute atomic E-state index is 12.7. The van der Waals surface area contributed by atoms with E-state index in [1.165, 1.54) is 12.1 Å². The zero-order chi connectivity index (χ0) is 26.4. The van der Waals surface area contributed by atoms with E-state index in [-0.39, 0.29) is 30.1 Å². The number of benzene rings is 3. The fourth-order valence-corrected chi connectivity index (χ4v) is 4.83. The van der Waals surface area contributed by atoms with E-state index in [4.69, 9.17) is 14.6 Å². The summed E-state index contributed by atoms with van der Waals surface area (Å²) in [5, 5.41) is 20.4. The smallest absolute Gasteiger partial charge is 0.344 e. The number of aromatic carboxylic acids is 1. The molecule has 188 valence electrons. The second-order valence-electron chi connectivity index (χ2n) is 7.78. The molecule has 0 spiro atoms. The number of carbonyl (C=O) groups is 2. The third-order valence-corrected chi connectivity index (χ3v) is 6.72. The molecule has 0 fully saturated rings. The molecular weight excluding hydrogens is 558 g/mol. The van der Waals surface area contributed by atoms with Gasteiger partial charge in [0, 0.05) is 10.0 Å². The first-order chi connectivity index (χ1) is 17.9. The summed E-state index contributed by atoms with van der Waals surface area (Å²) < 4.78 is 12.0. The van der Waals surface area contributed by atoms with Gasteiger partial charge in [0.05, 0.1) is 22.8 Å². The lowest BCUT2D eigenvalue weighted by Gasteiger charge is -2.11. The Bertz CT molecular complexity index is 1410. The van der Waals surface area contributed by atoms with Gasteiger partial charge >= 0.3 is 11.9 Å². The molecule has 0 atom stereocenters. The van der Waals surface area contributed by atoms with Gasteiger partial charge in [0.2, 0.25) is 0 Å². The number of ether oxygens (including phenoxy) is 2. The second-order valence-corrected chi connectivity index (χ2v) is 9.73. The Hall–Kier alpha value is -3.82. The van der Waals surface area contributed by atoms with Crippen LogP contribution in [0.3, 0.4) is 0 Å². The average molecular weight is 580 g/mol. The van der Waals surface area contributed by atoms with Crippen molar-refractivity contribution < 1.29 is 29.3 Å². The zero-order valence-corrected chi connectivity index (χ0v) is 22.1. The van der Waals surface area contributed by atoms with E-state index in [0.717, 1.165) is 21.8 Å². The lowest BCUT2D eigenvalue weighted by atomic mass is 10.1. The Balaban J connectivity index is 1.66. The number of halogens is 1. The number of para-hydroxylation sites is 1. The quantitative estimate of drug-likeness (QED) is 0.279. The maximum atomic E-state index is 12.7. The summed E-state index contributed by atoms with van der Waals surface area (Å²) in [6, 6.07) is 21.0. The van der Waals surface area contributed by atoms with Crippen molar-refractivity contribution >= 4 is 56.4 Å².